The van der Waals surface area contributed by atoms with Gasteiger partial charge in [-0.2, -0.15) is 11.8 Å². The van der Waals surface area contributed by atoms with E-state index in [0.29, 0.717) is 6.04 Å². The van der Waals surface area contributed by atoms with E-state index in [1.807, 2.05) is 11.8 Å². The standard InChI is InChI=1S/C14H26N2S2/c1-6-15-11(8-7-9-17-5)13-16-12(10-18-13)14(2,3)4/h10-11,15H,6-9H2,1-5H3. The lowest BCUT2D eigenvalue weighted by molar-refractivity contribution is 0.501. The lowest BCUT2D eigenvalue weighted by atomic mass is 9.93. The average molecular weight is 287 g/mol. The van der Waals surface area contributed by atoms with Gasteiger partial charge in [-0.1, -0.05) is 27.7 Å². The maximum absolute atomic E-state index is 4.83. The predicted molar refractivity (Wildman–Crippen MR) is 84.8 cm³/mol. The largest absolute Gasteiger partial charge is 0.308 e. The second-order valence-electron chi connectivity index (χ2n) is 5.57. The number of rotatable bonds is 7. The minimum atomic E-state index is 0.158. The summed E-state index contributed by atoms with van der Waals surface area (Å²) in [5.74, 6) is 1.24. The maximum atomic E-state index is 4.83. The Hall–Kier alpha value is -0.0600. The summed E-state index contributed by atoms with van der Waals surface area (Å²) in [6.45, 7) is 9.85. The van der Waals surface area contributed by atoms with Gasteiger partial charge >= 0.3 is 0 Å². The van der Waals surface area contributed by atoms with Gasteiger partial charge in [0.05, 0.1) is 11.7 Å². The quantitative estimate of drug-likeness (QED) is 0.759. The Morgan fingerprint density at radius 1 is 1.44 bits per heavy atom. The van der Waals surface area contributed by atoms with Gasteiger partial charge in [0.2, 0.25) is 0 Å². The van der Waals surface area contributed by atoms with Crippen molar-refractivity contribution in [1.82, 2.24) is 10.3 Å². The molecular weight excluding hydrogens is 260 g/mol. The number of aromatic nitrogens is 1. The average Bonchev–Trinajstić information content (AvgIpc) is 2.77. The highest BCUT2D eigenvalue weighted by molar-refractivity contribution is 7.98. The van der Waals surface area contributed by atoms with E-state index in [0.717, 1.165) is 6.54 Å². The molecule has 104 valence electrons. The molecule has 0 amide bonds. The predicted octanol–water partition coefficient (Wildman–Crippen LogP) is 4.23. The molecule has 18 heavy (non-hydrogen) atoms. The van der Waals surface area contributed by atoms with Gasteiger partial charge in [-0.3, -0.25) is 0 Å². The molecule has 1 unspecified atom stereocenters. The molecular formula is C14H26N2S2. The summed E-state index contributed by atoms with van der Waals surface area (Å²) in [5.41, 5.74) is 1.38. The van der Waals surface area contributed by atoms with Crippen LogP contribution in [0.25, 0.3) is 0 Å². The molecule has 1 aromatic rings. The fourth-order valence-electron chi connectivity index (χ4n) is 1.78. The van der Waals surface area contributed by atoms with Crippen LogP contribution in [0.1, 0.15) is 57.3 Å². The molecule has 0 saturated carbocycles. The summed E-state index contributed by atoms with van der Waals surface area (Å²) in [6, 6.07) is 0.434. The van der Waals surface area contributed by atoms with Crippen molar-refractivity contribution in [3.05, 3.63) is 16.1 Å². The molecule has 1 N–H and O–H groups in total. The van der Waals surface area contributed by atoms with E-state index in [2.05, 4.69) is 44.6 Å². The first-order valence-corrected chi connectivity index (χ1v) is 8.94. The molecule has 0 saturated heterocycles. The first kappa shape index (κ1) is 16.0. The van der Waals surface area contributed by atoms with Gasteiger partial charge in [-0.05, 0) is 31.4 Å². The van der Waals surface area contributed by atoms with Crippen LogP contribution in [-0.4, -0.2) is 23.5 Å². The molecule has 0 bridgehead atoms. The Balaban J connectivity index is 2.70. The van der Waals surface area contributed by atoms with Crippen molar-refractivity contribution in [3.63, 3.8) is 0 Å². The van der Waals surface area contributed by atoms with Crippen molar-refractivity contribution < 1.29 is 0 Å². The Kier molecular flexibility index (Phi) is 6.67. The highest BCUT2D eigenvalue weighted by Gasteiger charge is 2.20. The topological polar surface area (TPSA) is 24.9 Å². The molecule has 0 aliphatic heterocycles. The van der Waals surface area contributed by atoms with E-state index < -0.39 is 0 Å². The van der Waals surface area contributed by atoms with Crippen molar-refractivity contribution in [2.24, 2.45) is 0 Å². The summed E-state index contributed by atoms with van der Waals surface area (Å²) in [7, 11) is 0. The van der Waals surface area contributed by atoms with Crippen LogP contribution in [0.3, 0.4) is 0 Å². The van der Waals surface area contributed by atoms with Crippen LogP contribution < -0.4 is 5.32 Å². The molecule has 0 fully saturated rings. The van der Waals surface area contributed by atoms with Crippen molar-refractivity contribution in [2.75, 3.05) is 18.6 Å². The summed E-state index contributed by atoms with van der Waals surface area (Å²) in [5, 5.41) is 7.03. The monoisotopic (exact) mass is 286 g/mol. The zero-order valence-electron chi connectivity index (χ0n) is 12.2. The molecule has 1 heterocycles. The lowest BCUT2D eigenvalue weighted by Gasteiger charge is -2.17. The van der Waals surface area contributed by atoms with E-state index in [9.17, 15) is 0 Å². The highest BCUT2D eigenvalue weighted by atomic mass is 32.2. The van der Waals surface area contributed by atoms with E-state index in [1.165, 1.54) is 29.3 Å². The first-order chi connectivity index (χ1) is 8.49. The van der Waals surface area contributed by atoms with Crippen molar-refractivity contribution in [3.8, 4) is 0 Å². The number of nitrogens with one attached hydrogen (secondary N) is 1. The molecule has 1 rings (SSSR count). The molecule has 0 aliphatic carbocycles. The highest BCUT2D eigenvalue weighted by Crippen LogP contribution is 2.28. The summed E-state index contributed by atoms with van der Waals surface area (Å²) in [6.07, 6.45) is 4.61. The van der Waals surface area contributed by atoms with E-state index in [4.69, 9.17) is 4.98 Å². The Morgan fingerprint density at radius 2 is 2.17 bits per heavy atom. The molecule has 4 heteroatoms. The Bertz CT molecular complexity index is 342. The van der Waals surface area contributed by atoms with Crippen LogP contribution in [0, 0.1) is 0 Å². The second-order valence-corrected chi connectivity index (χ2v) is 7.44. The molecule has 0 spiro atoms. The third kappa shape index (κ3) is 4.90. The minimum Gasteiger partial charge on any atom is -0.308 e. The van der Waals surface area contributed by atoms with Crippen molar-refractivity contribution >= 4 is 23.1 Å². The van der Waals surface area contributed by atoms with Gasteiger partial charge in [0.1, 0.15) is 5.01 Å². The number of thioether (sulfide) groups is 1. The first-order valence-electron chi connectivity index (χ1n) is 6.67. The SMILES string of the molecule is CCNC(CCCSC)c1nc(C(C)(C)C)cs1. The molecule has 2 nitrogen and oxygen atoms in total. The third-order valence-electron chi connectivity index (χ3n) is 2.88. The summed E-state index contributed by atoms with van der Waals surface area (Å²) >= 11 is 3.72. The van der Waals surface area contributed by atoms with Gasteiger partial charge in [-0.25, -0.2) is 4.98 Å². The van der Waals surface area contributed by atoms with Gasteiger partial charge in [-0.15, -0.1) is 11.3 Å². The van der Waals surface area contributed by atoms with Crippen LogP contribution in [0.5, 0.6) is 0 Å². The van der Waals surface area contributed by atoms with Gasteiger partial charge in [0.25, 0.3) is 0 Å². The zero-order valence-corrected chi connectivity index (χ0v) is 13.9. The number of nitrogens with zero attached hydrogens (tertiary/aromatic N) is 1. The normalized spacial score (nSPS) is 13.8. The van der Waals surface area contributed by atoms with Gasteiger partial charge in [0.15, 0.2) is 0 Å². The van der Waals surface area contributed by atoms with Gasteiger partial charge in [0, 0.05) is 10.8 Å². The lowest BCUT2D eigenvalue weighted by Crippen LogP contribution is -2.21. The smallest absolute Gasteiger partial charge is 0.110 e. The van der Waals surface area contributed by atoms with Gasteiger partial charge < -0.3 is 5.32 Å². The second kappa shape index (κ2) is 7.51. The molecule has 1 aromatic heterocycles. The van der Waals surface area contributed by atoms with Crippen LogP contribution in [-0.2, 0) is 5.41 Å². The molecule has 0 aromatic carbocycles. The van der Waals surface area contributed by atoms with Crippen molar-refractivity contribution in [2.45, 2.75) is 52.0 Å². The van der Waals surface area contributed by atoms with Crippen LogP contribution >= 0.6 is 23.1 Å². The van der Waals surface area contributed by atoms with E-state index >= 15 is 0 Å². The fourth-order valence-corrected chi connectivity index (χ4v) is 3.39. The minimum absolute atomic E-state index is 0.158. The third-order valence-corrected chi connectivity index (χ3v) is 4.54. The molecule has 1 atom stereocenters. The van der Waals surface area contributed by atoms with Crippen LogP contribution in [0.4, 0.5) is 0 Å². The number of thiazole rings is 1. The van der Waals surface area contributed by atoms with Crippen molar-refractivity contribution in [1.29, 1.82) is 0 Å². The molecule has 0 radical (unpaired) electrons. The van der Waals surface area contributed by atoms with E-state index in [1.54, 1.807) is 11.3 Å². The Morgan fingerprint density at radius 3 is 2.67 bits per heavy atom. The number of hydrogen-bond donors (Lipinski definition) is 1. The number of hydrogen-bond acceptors (Lipinski definition) is 4. The van der Waals surface area contributed by atoms with E-state index in [-0.39, 0.29) is 5.41 Å². The Labute approximate surface area is 120 Å². The molecule has 0 aliphatic rings. The maximum Gasteiger partial charge on any atom is 0.110 e. The van der Waals surface area contributed by atoms with Crippen LogP contribution in [0.15, 0.2) is 5.38 Å². The summed E-state index contributed by atoms with van der Waals surface area (Å²) in [4.78, 5) is 4.83. The van der Waals surface area contributed by atoms with Crippen LogP contribution in [0.2, 0.25) is 0 Å². The fraction of sp³-hybridized carbons (Fsp3) is 0.786. The zero-order chi connectivity index (χ0) is 13.6. The summed E-state index contributed by atoms with van der Waals surface area (Å²) < 4.78 is 0.